The summed E-state index contributed by atoms with van der Waals surface area (Å²) in [5, 5.41) is 3.21. The molecule has 0 saturated carbocycles. The minimum atomic E-state index is -0.471. The molecule has 0 unspecified atom stereocenters. The lowest BCUT2D eigenvalue weighted by Crippen LogP contribution is -2.56. The lowest BCUT2D eigenvalue weighted by molar-refractivity contribution is -0.142. The molecule has 1 atom stereocenters. The van der Waals surface area contributed by atoms with E-state index in [4.69, 9.17) is 18.9 Å². The molecule has 1 N–H and O–H groups in total. The van der Waals surface area contributed by atoms with E-state index in [0.717, 1.165) is 22.8 Å². The summed E-state index contributed by atoms with van der Waals surface area (Å²) >= 11 is 1.57. The van der Waals surface area contributed by atoms with Gasteiger partial charge in [0.15, 0.2) is 6.61 Å². The summed E-state index contributed by atoms with van der Waals surface area (Å²) in [4.78, 5) is 41.6. The first-order valence-electron chi connectivity index (χ1n) is 13.2. The summed E-state index contributed by atoms with van der Waals surface area (Å²) in [6, 6.07) is 13.1. The zero-order valence-electron chi connectivity index (χ0n) is 22.4. The predicted molar refractivity (Wildman–Crippen MR) is 149 cm³/mol. The van der Waals surface area contributed by atoms with Crippen molar-refractivity contribution in [3.8, 4) is 11.5 Å². The van der Waals surface area contributed by atoms with Crippen LogP contribution in [-0.4, -0.2) is 82.2 Å². The summed E-state index contributed by atoms with van der Waals surface area (Å²) in [6.45, 7) is 6.50. The first-order valence-corrected chi connectivity index (χ1v) is 14.2. The minimum absolute atomic E-state index is 0.00211. The Kier molecular flexibility index (Phi) is 10.5. The molecule has 210 valence electrons. The van der Waals surface area contributed by atoms with Gasteiger partial charge in [-0.05, 0) is 56.3 Å². The smallest absolute Gasteiger partial charge is 0.326 e. The molecule has 2 aromatic carbocycles. The maximum absolute atomic E-state index is 12.9. The van der Waals surface area contributed by atoms with Crippen LogP contribution in [0.25, 0.3) is 0 Å². The standard InChI is InChI=1S/C28H35N3O7S/c1-3-35-12-5-13-37-22-8-6-20(7-9-22)31-21(15-29-16-26(31)32)19-39-23-10-11-25-24(14-23)30(27(33)18-38-25)17-28(34)36-4-2/h6-11,14,21,29H,3-5,12-13,15-19H2,1-2H3/t21-/m1/s1. The number of nitrogens with one attached hydrogen (secondary N) is 1. The van der Waals surface area contributed by atoms with Crippen LogP contribution in [0.4, 0.5) is 11.4 Å². The molecule has 4 rings (SSSR count). The number of anilines is 2. The topological polar surface area (TPSA) is 107 Å². The van der Waals surface area contributed by atoms with E-state index in [2.05, 4.69) is 5.32 Å². The molecular formula is C28H35N3O7S. The van der Waals surface area contributed by atoms with Gasteiger partial charge in [0.05, 0.1) is 31.5 Å². The molecule has 1 saturated heterocycles. The molecule has 10 nitrogen and oxygen atoms in total. The molecule has 2 aromatic rings. The number of benzene rings is 2. The second-order valence-corrected chi connectivity index (χ2v) is 10.0. The molecular weight excluding hydrogens is 522 g/mol. The molecule has 0 bridgehead atoms. The van der Waals surface area contributed by atoms with Crippen molar-refractivity contribution in [1.82, 2.24) is 5.32 Å². The number of hydrogen-bond acceptors (Lipinski definition) is 9. The van der Waals surface area contributed by atoms with E-state index in [9.17, 15) is 14.4 Å². The van der Waals surface area contributed by atoms with Crippen molar-refractivity contribution in [3.05, 3.63) is 42.5 Å². The van der Waals surface area contributed by atoms with Gasteiger partial charge in [0.25, 0.3) is 5.91 Å². The van der Waals surface area contributed by atoms with E-state index in [-0.39, 0.29) is 44.2 Å². The zero-order valence-corrected chi connectivity index (χ0v) is 23.2. The van der Waals surface area contributed by atoms with Crippen LogP contribution in [0.5, 0.6) is 11.5 Å². The Bertz CT molecular complexity index is 1140. The third kappa shape index (κ3) is 7.65. The summed E-state index contributed by atoms with van der Waals surface area (Å²) in [5.74, 6) is 1.15. The van der Waals surface area contributed by atoms with Gasteiger partial charge in [-0.25, -0.2) is 0 Å². The first kappa shape index (κ1) is 28.7. The SMILES string of the molecule is CCOCCCOc1ccc(N2C(=O)CNC[C@@H]2CSc2ccc3c(c2)N(CC(=O)OCC)C(=O)CO3)cc1. The highest BCUT2D eigenvalue weighted by molar-refractivity contribution is 7.99. The third-order valence-corrected chi connectivity index (χ3v) is 7.36. The monoisotopic (exact) mass is 557 g/mol. The molecule has 0 aliphatic carbocycles. The average Bonchev–Trinajstić information content (AvgIpc) is 2.94. The Morgan fingerprint density at radius 2 is 1.90 bits per heavy atom. The van der Waals surface area contributed by atoms with E-state index in [1.54, 1.807) is 24.8 Å². The molecule has 11 heteroatoms. The number of hydrogen-bond donors (Lipinski definition) is 1. The van der Waals surface area contributed by atoms with Crippen LogP contribution < -0.4 is 24.6 Å². The highest BCUT2D eigenvalue weighted by atomic mass is 32.2. The van der Waals surface area contributed by atoms with Crippen LogP contribution in [0.1, 0.15) is 20.3 Å². The normalized spacial score (nSPS) is 17.0. The predicted octanol–water partition coefficient (Wildman–Crippen LogP) is 2.88. The fourth-order valence-corrected chi connectivity index (χ4v) is 5.40. The summed E-state index contributed by atoms with van der Waals surface area (Å²) in [6.07, 6.45) is 0.814. The molecule has 2 heterocycles. The van der Waals surface area contributed by atoms with Crippen molar-refractivity contribution >= 4 is 40.9 Å². The number of rotatable bonds is 13. The van der Waals surface area contributed by atoms with E-state index >= 15 is 0 Å². The second kappa shape index (κ2) is 14.2. The summed E-state index contributed by atoms with van der Waals surface area (Å²) < 4.78 is 21.7. The molecule has 0 aromatic heterocycles. The van der Waals surface area contributed by atoms with Gasteiger partial charge in [0, 0.05) is 42.5 Å². The maximum Gasteiger partial charge on any atom is 0.326 e. The number of carbonyl (C=O) groups excluding carboxylic acids is 3. The number of piperazine rings is 1. The van der Waals surface area contributed by atoms with E-state index in [1.807, 2.05) is 48.2 Å². The number of carbonyl (C=O) groups is 3. The highest BCUT2D eigenvalue weighted by Gasteiger charge is 2.31. The Hall–Kier alpha value is -3.28. The fraction of sp³-hybridized carbons (Fsp3) is 0.464. The molecule has 2 amide bonds. The largest absolute Gasteiger partial charge is 0.494 e. The van der Waals surface area contributed by atoms with Crippen molar-refractivity contribution < 1.29 is 33.3 Å². The third-order valence-electron chi connectivity index (χ3n) is 6.22. The van der Waals surface area contributed by atoms with Crippen molar-refractivity contribution in [2.75, 3.05) is 68.2 Å². The van der Waals surface area contributed by atoms with Crippen molar-refractivity contribution in [2.24, 2.45) is 0 Å². The highest BCUT2D eigenvalue weighted by Crippen LogP contribution is 2.36. The minimum Gasteiger partial charge on any atom is -0.494 e. The van der Waals surface area contributed by atoms with Gasteiger partial charge in [-0.2, -0.15) is 0 Å². The van der Waals surface area contributed by atoms with Crippen LogP contribution in [0.3, 0.4) is 0 Å². The summed E-state index contributed by atoms with van der Waals surface area (Å²) in [5.41, 5.74) is 1.36. The maximum atomic E-state index is 12.9. The molecule has 2 aliphatic rings. The molecule has 0 radical (unpaired) electrons. The first-order chi connectivity index (χ1) is 19.0. The average molecular weight is 558 g/mol. The Morgan fingerprint density at radius 3 is 2.67 bits per heavy atom. The number of ether oxygens (including phenoxy) is 4. The molecule has 1 fully saturated rings. The zero-order chi connectivity index (χ0) is 27.6. The van der Waals surface area contributed by atoms with Crippen molar-refractivity contribution in [1.29, 1.82) is 0 Å². The Labute approximate surface area is 232 Å². The van der Waals surface area contributed by atoms with Gasteiger partial charge >= 0.3 is 5.97 Å². The lowest BCUT2D eigenvalue weighted by Gasteiger charge is -2.36. The van der Waals surface area contributed by atoms with Crippen LogP contribution >= 0.6 is 11.8 Å². The number of esters is 1. The number of nitrogens with zero attached hydrogens (tertiary/aromatic N) is 2. The van der Waals surface area contributed by atoms with Crippen molar-refractivity contribution in [3.63, 3.8) is 0 Å². The van der Waals surface area contributed by atoms with Gasteiger partial charge in [-0.15, -0.1) is 11.8 Å². The van der Waals surface area contributed by atoms with Crippen LogP contribution in [0, 0.1) is 0 Å². The van der Waals surface area contributed by atoms with Crippen LogP contribution in [0.15, 0.2) is 47.4 Å². The van der Waals surface area contributed by atoms with E-state index in [1.165, 1.54) is 4.90 Å². The van der Waals surface area contributed by atoms with Gasteiger partial charge < -0.3 is 29.2 Å². The number of thioether (sulfide) groups is 1. The van der Waals surface area contributed by atoms with Crippen LogP contribution in [-0.2, 0) is 23.9 Å². The Morgan fingerprint density at radius 1 is 1.08 bits per heavy atom. The number of amides is 2. The lowest BCUT2D eigenvalue weighted by atomic mass is 10.1. The van der Waals surface area contributed by atoms with Gasteiger partial charge in [-0.3, -0.25) is 19.3 Å². The summed E-state index contributed by atoms with van der Waals surface area (Å²) in [7, 11) is 0. The number of fused-ring (bicyclic) bond motifs is 1. The van der Waals surface area contributed by atoms with Gasteiger partial charge in [-0.1, -0.05) is 0 Å². The van der Waals surface area contributed by atoms with E-state index < -0.39 is 5.97 Å². The molecule has 2 aliphatic heterocycles. The molecule has 39 heavy (non-hydrogen) atoms. The van der Waals surface area contributed by atoms with E-state index in [0.29, 0.717) is 43.6 Å². The fourth-order valence-electron chi connectivity index (χ4n) is 4.39. The van der Waals surface area contributed by atoms with Crippen molar-refractivity contribution in [2.45, 2.75) is 31.2 Å². The quantitative estimate of drug-likeness (QED) is 0.226. The van der Waals surface area contributed by atoms with Gasteiger partial charge in [0.2, 0.25) is 5.91 Å². The second-order valence-electron chi connectivity index (χ2n) is 8.96. The van der Waals surface area contributed by atoms with Crippen LogP contribution in [0.2, 0.25) is 0 Å². The Balaban J connectivity index is 1.41. The van der Waals surface area contributed by atoms with Gasteiger partial charge in [0.1, 0.15) is 18.0 Å². The molecule has 0 spiro atoms.